The molecule has 1 aliphatic rings. The number of hydrogen-bond acceptors (Lipinski definition) is 1. The van der Waals surface area contributed by atoms with E-state index in [1.807, 2.05) is 19.1 Å². The summed E-state index contributed by atoms with van der Waals surface area (Å²) in [7, 11) is 0. The lowest BCUT2D eigenvalue weighted by molar-refractivity contribution is 0.0691. The van der Waals surface area contributed by atoms with Crippen molar-refractivity contribution < 1.29 is 9.90 Å². The third kappa shape index (κ3) is 1.76. The summed E-state index contributed by atoms with van der Waals surface area (Å²) in [5.74, 6) is -0.782. The van der Waals surface area contributed by atoms with E-state index in [0.717, 1.165) is 24.0 Å². The van der Waals surface area contributed by atoms with Crippen LogP contribution in [0.15, 0.2) is 12.1 Å². The molecule has 0 atom stereocenters. The van der Waals surface area contributed by atoms with Gasteiger partial charge in [0, 0.05) is 0 Å². The van der Waals surface area contributed by atoms with Crippen molar-refractivity contribution in [1.82, 2.24) is 0 Å². The first-order valence-corrected chi connectivity index (χ1v) is 5.25. The summed E-state index contributed by atoms with van der Waals surface area (Å²) in [4.78, 5) is 11.2. The van der Waals surface area contributed by atoms with Gasteiger partial charge in [0.25, 0.3) is 0 Å². The van der Waals surface area contributed by atoms with Crippen LogP contribution in [0.1, 0.15) is 40.9 Å². The van der Waals surface area contributed by atoms with Crippen LogP contribution >= 0.6 is 0 Å². The summed E-state index contributed by atoms with van der Waals surface area (Å²) >= 11 is 0. The number of carboxylic acid groups (broad SMARTS) is 1. The monoisotopic (exact) mass is 204 g/mol. The second-order valence-electron chi connectivity index (χ2n) is 5.28. The first kappa shape index (κ1) is 10.2. The van der Waals surface area contributed by atoms with Crippen LogP contribution in [0.4, 0.5) is 0 Å². The van der Waals surface area contributed by atoms with Gasteiger partial charge in [0.05, 0.1) is 5.56 Å². The predicted octanol–water partition coefficient (Wildman–Crippen LogP) is 2.82. The summed E-state index contributed by atoms with van der Waals surface area (Å²) in [6.45, 7) is 6.40. The number of aryl methyl sites for hydroxylation is 1. The third-order valence-electron chi connectivity index (χ3n) is 3.00. The molecule has 0 unspecified atom stereocenters. The van der Waals surface area contributed by atoms with E-state index in [1.165, 1.54) is 5.56 Å². The quantitative estimate of drug-likeness (QED) is 0.763. The fraction of sp³-hybridized carbons (Fsp3) is 0.462. The maximum Gasteiger partial charge on any atom is 0.336 e. The molecule has 15 heavy (non-hydrogen) atoms. The van der Waals surface area contributed by atoms with E-state index in [2.05, 4.69) is 13.8 Å². The largest absolute Gasteiger partial charge is 0.478 e. The van der Waals surface area contributed by atoms with E-state index < -0.39 is 5.97 Å². The zero-order valence-electron chi connectivity index (χ0n) is 9.42. The zero-order chi connectivity index (χ0) is 11.2. The lowest BCUT2D eigenvalue weighted by atomic mass is 9.72. The Hall–Kier alpha value is -1.31. The Morgan fingerprint density at radius 2 is 1.73 bits per heavy atom. The maximum atomic E-state index is 11.2. The minimum absolute atomic E-state index is 0.192. The highest BCUT2D eigenvalue weighted by molar-refractivity contribution is 5.91. The highest BCUT2D eigenvalue weighted by atomic mass is 16.4. The van der Waals surface area contributed by atoms with Crippen LogP contribution < -0.4 is 0 Å². The molecule has 0 radical (unpaired) electrons. The molecule has 1 N–H and O–H groups in total. The number of aromatic carboxylic acids is 1. The van der Waals surface area contributed by atoms with E-state index >= 15 is 0 Å². The Bertz CT molecular complexity index is 401. The Labute approximate surface area is 89.9 Å². The van der Waals surface area contributed by atoms with Crippen LogP contribution in [-0.2, 0) is 12.8 Å². The van der Waals surface area contributed by atoms with Crippen LogP contribution in [0.3, 0.4) is 0 Å². The van der Waals surface area contributed by atoms with Gasteiger partial charge in [-0.15, -0.1) is 0 Å². The average Bonchev–Trinajstić information content (AvgIpc) is 1.97. The molecule has 1 aliphatic carbocycles. The lowest BCUT2D eigenvalue weighted by Gasteiger charge is -2.32. The van der Waals surface area contributed by atoms with E-state index in [0.29, 0.717) is 5.56 Å². The highest BCUT2D eigenvalue weighted by Gasteiger charge is 2.30. The van der Waals surface area contributed by atoms with Crippen molar-refractivity contribution in [2.75, 3.05) is 0 Å². The summed E-state index contributed by atoms with van der Waals surface area (Å²) in [6.07, 6.45) is 1.73. The van der Waals surface area contributed by atoms with E-state index in [-0.39, 0.29) is 5.41 Å². The summed E-state index contributed by atoms with van der Waals surface area (Å²) in [6, 6.07) is 4.02. The van der Waals surface area contributed by atoms with Gasteiger partial charge in [0.2, 0.25) is 0 Å². The van der Waals surface area contributed by atoms with E-state index in [9.17, 15) is 9.90 Å². The first-order chi connectivity index (χ1) is 6.89. The van der Waals surface area contributed by atoms with Gasteiger partial charge in [-0.1, -0.05) is 31.5 Å². The van der Waals surface area contributed by atoms with E-state index in [4.69, 9.17) is 0 Å². The number of carboxylic acids is 1. The molecular formula is C13H16O2. The Balaban J connectivity index is 2.61. The number of benzene rings is 1. The molecule has 0 amide bonds. The van der Waals surface area contributed by atoms with E-state index in [1.54, 1.807) is 0 Å². The van der Waals surface area contributed by atoms with Gasteiger partial charge < -0.3 is 5.11 Å². The minimum Gasteiger partial charge on any atom is -0.478 e. The molecule has 2 heteroatoms. The Morgan fingerprint density at radius 3 is 2.13 bits per heavy atom. The Kier molecular flexibility index (Phi) is 2.10. The Morgan fingerprint density at radius 1 is 1.27 bits per heavy atom. The standard InChI is InChI=1S/C13H16O2/c1-8-4-9-6-13(2,3)7-10(5-8)11(9)12(14)15/h4-5H,6-7H2,1-3H3,(H,14,15). The SMILES string of the molecule is Cc1cc2c(C(=O)O)c(c1)CC(C)(C)C2. The van der Waals surface area contributed by atoms with Gasteiger partial charge in [0.1, 0.15) is 0 Å². The van der Waals surface area contributed by atoms with Crippen molar-refractivity contribution >= 4 is 5.97 Å². The number of rotatable bonds is 1. The second kappa shape index (κ2) is 3.09. The first-order valence-electron chi connectivity index (χ1n) is 5.25. The molecule has 1 aromatic carbocycles. The van der Waals surface area contributed by atoms with Crippen molar-refractivity contribution in [3.63, 3.8) is 0 Å². The van der Waals surface area contributed by atoms with Crippen LogP contribution in [0.5, 0.6) is 0 Å². The van der Waals surface area contributed by atoms with Crippen LogP contribution in [-0.4, -0.2) is 11.1 Å². The summed E-state index contributed by atoms with van der Waals surface area (Å²) in [5.41, 5.74) is 3.89. The van der Waals surface area contributed by atoms with Gasteiger partial charge in [-0.2, -0.15) is 0 Å². The second-order valence-corrected chi connectivity index (χ2v) is 5.28. The molecule has 2 nitrogen and oxygen atoms in total. The molecule has 1 aromatic rings. The fourth-order valence-electron chi connectivity index (χ4n) is 2.59. The average molecular weight is 204 g/mol. The zero-order valence-corrected chi connectivity index (χ0v) is 9.42. The van der Waals surface area contributed by atoms with Crippen molar-refractivity contribution in [1.29, 1.82) is 0 Å². The molecule has 0 saturated carbocycles. The molecule has 2 rings (SSSR count). The van der Waals surface area contributed by atoms with Gasteiger partial charge in [-0.3, -0.25) is 0 Å². The maximum absolute atomic E-state index is 11.2. The van der Waals surface area contributed by atoms with Crippen molar-refractivity contribution in [3.05, 3.63) is 34.4 Å². The van der Waals surface area contributed by atoms with Crippen molar-refractivity contribution in [3.8, 4) is 0 Å². The molecule has 2 bridgehead atoms. The molecular weight excluding hydrogens is 188 g/mol. The smallest absolute Gasteiger partial charge is 0.336 e. The van der Waals surface area contributed by atoms with Crippen molar-refractivity contribution in [2.24, 2.45) is 5.41 Å². The lowest BCUT2D eigenvalue weighted by Crippen LogP contribution is -2.27. The fourth-order valence-corrected chi connectivity index (χ4v) is 2.59. The topological polar surface area (TPSA) is 37.3 Å². The van der Waals surface area contributed by atoms with Gasteiger partial charge in [-0.25, -0.2) is 4.79 Å². The summed E-state index contributed by atoms with van der Waals surface area (Å²) < 4.78 is 0. The summed E-state index contributed by atoms with van der Waals surface area (Å²) in [5, 5.41) is 9.17. The molecule has 0 fully saturated rings. The van der Waals surface area contributed by atoms with Gasteiger partial charge in [0.15, 0.2) is 0 Å². The highest BCUT2D eigenvalue weighted by Crippen LogP contribution is 2.36. The number of fused-ring (bicyclic) bond motifs is 2. The van der Waals surface area contributed by atoms with Crippen molar-refractivity contribution in [2.45, 2.75) is 33.6 Å². The molecule has 80 valence electrons. The third-order valence-corrected chi connectivity index (χ3v) is 3.00. The predicted molar refractivity (Wildman–Crippen MR) is 59.3 cm³/mol. The van der Waals surface area contributed by atoms with Crippen LogP contribution in [0.25, 0.3) is 0 Å². The minimum atomic E-state index is -0.782. The van der Waals surface area contributed by atoms with Crippen LogP contribution in [0.2, 0.25) is 0 Å². The molecule has 0 spiro atoms. The van der Waals surface area contributed by atoms with Gasteiger partial charge in [-0.05, 0) is 36.3 Å². The molecule has 0 aliphatic heterocycles. The number of hydrogen-bond donors (Lipinski definition) is 1. The molecule has 0 saturated heterocycles. The molecule has 0 heterocycles. The number of carbonyl (C=O) groups is 1. The van der Waals surface area contributed by atoms with Crippen LogP contribution in [0, 0.1) is 12.3 Å². The normalized spacial score (nSPS) is 17.5. The molecule has 0 aromatic heterocycles. The van der Waals surface area contributed by atoms with Gasteiger partial charge >= 0.3 is 5.97 Å².